The van der Waals surface area contributed by atoms with Crippen molar-refractivity contribution in [3.8, 4) is 0 Å². The minimum absolute atomic E-state index is 0.0258. The molecular formula is C13H22N3O3P. The molecule has 2 aliphatic rings. The molecule has 2 fully saturated rings. The van der Waals surface area contributed by atoms with Crippen LogP contribution in [-0.4, -0.2) is 46.6 Å². The average Bonchev–Trinajstić information content (AvgIpc) is 2.89. The number of amides is 2. The summed E-state index contributed by atoms with van der Waals surface area (Å²) in [5.41, 5.74) is 5.35. The zero-order chi connectivity index (χ0) is 14.7. The van der Waals surface area contributed by atoms with Crippen molar-refractivity contribution in [2.75, 3.05) is 6.54 Å². The van der Waals surface area contributed by atoms with Crippen molar-refractivity contribution in [1.29, 1.82) is 0 Å². The summed E-state index contributed by atoms with van der Waals surface area (Å²) in [6, 6.07) is -1.05. The molecule has 4 unspecified atom stereocenters. The molecule has 3 N–H and O–H groups in total. The number of nitrogens with two attached hydrogens (primary N) is 1. The molecular weight excluding hydrogens is 277 g/mol. The minimum Gasteiger partial charge on any atom is -0.393 e. The van der Waals surface area contributed by atoms with E-state index in [0.29, 0.717) is 19.4 Å². The Balaban J connectivity index is 2.08. The van der Waals surface area contributed by atoms with Gasteiger partial charge in [-0.25, -0.2) is 0 Å². The van der Waals surface area contributed by atoms with E-state index in [9.17, 15) is 14.7 Å². The molecule has 0 aromatic heterocycles. The number of primary amides is 1. The van der Waals surface area contributed by atoms with Crippen LogP contribution in [0.2, 0.25) is 0 Å². The number of hydrogen-bond donors (Lipinski definition) is 2. The third kappa shape index (κ3) is 3.18. The lowest BCUT2D eigenvalue weighted by Gasteiger charge is -2.32. The summed E-state index contributed by atoms with van der Waals surface area (Å²) < 4.78 is 4.04. The van der Waals surface area contributed by atoms with Crippen LogP contribution < -0.4 is 5.73 Å². The van der Waals surface area contributed by atoms with Gasteiger partial charge in [-0.05, 0) is 47.1 Å². The van der Waals surface area contributed by atoms with E-state index in [1.54, 1.807) is 4.90 Å². The normalized spacial score (nSPS) is 31.9. The smallest absolute Gasteiger partial charge is 0.248 e. The highest BCUT2D eigenvalue weighted by molar-refractivity contribution is 7.04. The maximum Gasteiger partial charge on any atom is 0.248 e. The average molecular weight is 299 g/mol. The number of nitrogens with zero attached hydrogens (tertiary/aromatic N) is 2. The first kappa shape index (κ1) is 15.4. The molecule has 2 rings (SSSR count). The molecule has 1 heterocycles. The molecule has 7 heteroatoms. The summed E-state index contributed by atoms with van der Waals surface area (Å²) in [5.74, 6) is -0.578. The van der Waals surface area contributed by atoms with Crippen LogP contribution in [0.1, 0.15) is 38.5 Å². The highest BCUT2D eigenvalue weighted by atomic mass is 31.0. The topological polar surface area (TPSA) is 96.0 Å². The predicted molar refractivity (Wildman–Crippen MR) is 76.4 cm³/mol. The van der Waals surface area contributed by atoms with Crippen molar-refractivity contribution in [2.45, 2.75) is 56.7 Å². The Bertz CT molecular complexity index is 404. The summed E-state index contributed by atoms with van der Waals surface area (Å²) in [6.45, 7) is 0.556. The van der Waals surface area contributed by atoms with E-state index in [1.807, 2.05) is 0 Å². The number of hydrogen-bond acceptors (Lipinski definition) is 4. The fourth-order valence-electron chi connectivity index (χ4n) is 3.35. The zero-order valence-electron chi connectivity index (χ0n) is 11.5. The van der Waals surface area contributed by atoms with Gasteiger partial charge in [-0.2, -0.15) is 0 Å². The molecule has 0 bridgehead atoms. The van der Waals surface area contributed by atoms with Crippen LogP contribution in [0.5, 0.6) is 0 Å². The maximum absolute atomic E-state index is 12.6. The van der Waals surface area contributed by atoms with Crippen molar-refractivity contribution in [3.05, 3.63) is 0 Å². The van der Waals surface area contributed by atoms with Crippen LogP contribution >= 0.6 is 9.03 Å². The Kier molecular flexibility index (Phi) is 5.11. The molecule has 0 spiro atoms. The summed E-state index contributed by atoms with van der Waals surface area (Å²) >= 11 is 0. The van der Waals surface area contributed by atoms with E-state index in [-0.39, 0.29) is 17.9 Å². The van der Waals surface area contributed by atoms with Gasteiger partial charge in [-0.1, -0.05) is 6.42 Å². The Hall–Kier alpha value is -1.00. The standard InChI is InChI=1S/C13H22N3O3P/c14-12(18)10-5-2-6-16(10)13(19)11(15-20)8-3-1-4-9(17)7-8/h8-11,17,20H,1-7H2,(H2,14,18). The van der Waals surface area contributed by atoms with Gasteiger partial charge in [0.15, 0.2) is 0 Å². The molecule has 2 amide bonds. The number of aliphatic hydroxyl groups is 1. The monoisotopic (exact) mass is 299 g/mol. The fourth-order valence-corrected chi connectivity index (χ4v) is 3.67. The molecule has 1 saturated carbocycles. The van der Waals surface area contributed by atoms with Crippen LogP contribution in [0.3, 0.4) is 0 Å². The van der Waals surface area contributed by atoms with Gasteiger partial charge in [0.05, 0.1) is 6.10 Å². The zero-order valence-corrected chi connectivity index (χ0v) is 12.5. The van der Waals surface area contributed by atoms with Crippen molar-refractivity contribution >= 4 is 20.8 Å². The predicted octanol–water partition coefficient (Wildman–Crippen LogP) is 0.709. The quantitative estimate of drug-likeness (QED) is 0.748. The number of carbonyl (C=O) groups excluding carboxylic acids is 2. The lowest BCUT2D eigenvalue weighted by Crippen LogP contribution is -2.49. The maximum atomic E-state index is 12.6. The van der Waals surface area contributed by atoms with Gasteiger partial charge in [0.2, 0.25) is 11.8 Å². The second-order valence-corrected chi connectivity index (χ2v) is 6.00. The summed E-state index contributed by atoms with van der Waals surface area (Å²) in [4.78, 5) is 25.6. The fraction of sp³-hybridized carbons (Fsp3) is 0.846. The molecule has 6 nitrogen and oxygen atoms in total. The van der Waals surface area contributed by atoms with Crippen LogP contribution in [0.15, 0.2) is 4.74 Å². The third-order valence-electron chi connectivity index (χ3n) is 4.39. The van der Waals surface area contributed by atoms with E-state index in [4.69, 9.17) is 5.73 Å². The van der Waals surface area contributed by atoms with Gasteiger partial charge < -0.3 is 15.7 Å². The third-order valence-corrected chi connectivity index (χ3v) is 4.67. The van der Waals surface area contributed by atoms with Crippen LogP contribution in [0.25, 0.3) is 0 Å². The Morgan fingerprint density at radius 2 is 2.05 bits per heavy atom. The number of rotatable bonds is 4. The largest absolute Gasteiger partial charge is 0.393 e. The highest BCUT2D eigenvalue weighted by Crippen LogP contribution is 2.31. The van der Waals surface area contributed by atoms with E-state index in [2.05, 4.69) is 13.8 Å². The summed E-state index contributed by atoms with van der Waals surface area (Å²) in [6.07, 6.45) is 4.20. The van der Waals surface area contributed by atoms with Gasteiger partial charge in [0.25, 0.3) is 0 Å². The number of likely N-dealkylation sites (tertiary alicyclic amines) is 1. The van der Waals surface area contributed by atoms with Crippen molar-refractivity contribution < 1.29 is 14.7 Å². The molecule has 1 aliphatic carbocycles. The summed E-state index contributed by atoms with van der Waals surface area (Å²) in [5, 5.41) is 9.75. The first-order valence-electron chi connectivity index (χ1n) is 7.19. The molecule has 20 heavy (non-hydrogen) atoms. The van der Waals surface area contributed by atoms with Gasteiger partial charge in [0.1, 0.15) is 12.1 Å². The van der Waals surface area contributed by atoms with E-state index in [1.165, 1.54) is 0 Å². The number of carbonyl (C=O) groups is 2. The van der Waals surface area contributed by atoms with Crippen LogP contribution in [0.4, 0.5) is 0 Å². The molecule has 0 aromatic rings. The summed E-state index contributed by atoms with van der Waals surface area (Å²) in [7, 11) is 3.11. The van der Waals surface area contributed by atoms with E-state index < -0.39 is 18.0 Å². The van der Waals surface area contributed by atoms with Crippen molar-refractivity contribution in [3.63, 3.8) is 0 Å². The first-order chi connectivity index (χ1) is 9.54. The second-order valence-electron chi connectivity index (χ2n) is 5.75. The van der Waals surface area contributed by atoms with Crippen molar-refractivity contribution in [1.82, 2.24) is 4.90 Å². The second kappa shape index (κ2) is 6.64. The van der Waals surface area contributed by atoms with Gasteiger partial charge in [-0.15, -0.1) is 0 Å². The van der Waals surface area contributed by atoms with Gasteiger partial charge >= 0.3 is 0 Å². The lowest BCUT2D eigenvalue weighted by molar-refractivity contribution is -0.139. The minimum atomic E-state index is -0.540. The molecule has 0 aromatic carbocycles. The van der Waals surface area contributed by atoms with Crippen LogP contribution in [-0.2, 0) is 9.59 Å². The Labute approximate surface area is 121 Å². The SMILES string of the molecule is NC(=O)C1CCCN1C(=O)C(N=P)C1CCCC(O)C1. The van der Waals surface area contributed by atoms with E-state index in [0.717, 1.165) is 25.7 Å². The highest BCUT2D eigenvalue weighted by Gasteiger charge is 2.39. The Morgan fingerprint density at radius 1 is 1.30 bits per heavy atom. The molecule has 0 radical (unpaired) electrons. The molecule has 1 aliphatic heterocycles. The van der Waals surface area contributed by atoms with Gasteiger partial charge in [-0.3, -0.25) is 14.3 Å². The van der Waals surface area contributed by atoms with Crippen LogP contribution in [0, 0.1) is 5.92 Å². The molecule has 112 valence electrons. The molecule has 1 saturated heterocycles. The first-order valence-corrected chi connectivity index (χ1v) is 7.63. The van der Waals surface area contributed by atoms with E-state index >= 15 is 0 Å². The van der Waals surface area contributed by atoms with Crippen molar-refractivity contribution in [2.24, 2.45) is 16.4 Å². The van der Waals surface area contributed by atoms with Gasteiger partial charge in [0, 0.05) is 6.54 Å². The molecule has 4 atom stereocenters. The Morgan fingerprint density at radius 3 is 2.65 bits per heavy atom. The lowest BCUT2D eigenvalue weighted by atomic mass is 9.82. The number of aliphatic hydroxyl groups excluding tert-OH is 1.